The van der Waals surface area contributed by atoms with Crippen molar-refractivity contribution in [1.29, 1.82) is 0 Å². The fourth-order valence-electron chi connectivity index (χ4n) is 1.71. The SMILES string of the molecule is CSCC(=O)N1CCC(OCCO)CC1. The predicted octanol–water partition coefficient (Wildman–Crippen LogP) is 0.349. The van der Waals surface area contributed by atoms with Crippen LogP contribution < -0.4 is 0 Å². The van der Waals surface area contributed by atoms with E-state index in [0.29, 0.717) is 12.4 Å². The van der Waals surface area contributed by atoms with Crippen LogP contribution in [0.15, 0.2) is 0 Å². The maximum atomic E-state index is 11.5. The molecule has 1 N–H and O–H groups in total. The van der Waals surface area contributed by atoms with Gasteiger partial charge in [-0.2, -0.15) is 11.8 Å². The van der Waals surface area contributed by atoms with Crippen LogP contribution in [0.5, 0.6) is 0 Å². The third kappa shape index (κ3) is 4.40. The first-order chi connectivity index (χ1) is 7.27. The Kier molecular flexibility index (Phi) is 6.05. The van der Waals surface area contributed by atoms with Crippen molar-refractivity contribution in [3.63, 3.8) is 0 Å². The molecule has 0 aliphatic carbocycles. The molecule has 0 radical (unpaired) electrons. The lowest BCUT2D eigenvalue weighted by molar-refractivity contribution is -0.131. The number of aliphatic hydroxyl groups excluding tert-OH is 1. The van der Waals surface area contributed by atoms with E-state index in [4.69, 9.17) is 9.84 Å². The normalized spacial score (nSPS) is 18.1. The minimum absolute atomic E-state index is 0.0750. The van der Waals surface area contributed by atoms with Crippen LogP contribution in [-0.4, -0.2) is 60.3 Å². The average molecular weight is 233 g/mol. The maximum absolute atomic E-state index is 11.5. The highest BCUT2D eigenvalue weighted by Gasteiger charge is 2.22. The largest absolute Gasteiger partial charge is 0.394 e. The minimum Gasteiger partial charge on any atom is -0.394 e. The minimum atomic E-state index is 0.0750. The molecular formula is C10H19NO3S. The van der Waals surface area contributed by atoms with Crippen LogP contribution in [0.1, 0.15) is 12.8 Å². The molecule has 15 heavy (non-hydrogen) atoms. The number of ether oxygens (including phenoxy) is 1. The van der Waals surface area contributed by atoms with Gasteiger partial charge in [-0.25, -0.2) is 0 Å². The van der Waals surface area contributed by atoms with E-state index in [1.165, 1.54) is 0 Å². The molecule has 0 bridgehead atoms. The fraction of sp³-hybridized carbons (Fsp3) is 0.900. The van der Waals surface area contributed by atoms with Gasteiger partial charge in [-0.15, -0.1) is 0 Å². The fourth-order valence-corrected chi connectivity index (χ4v) is 2.14. The molecule has 88 valence electrons. The lowest BCUT2D eigenvalue weighted by Crippen LogP contribution is -2.41. The second kappa shape index (κ2) is 7.09. The summed E-state index contributed by atoms with van der Waals surface area (Å²) in [5, 5.41) is 8.61. The summed E-state index contributed by atoms with van der Waals surface area (Å²) in [5.41, 5.74) is 0. The van der Waals surface area contributed by atoms with Crippen molar-refractivity contribution in [2.45, 2.75) is 18.9 Å². The molecule has 0 atom stereocenters. The second-order valence-electron chi connectivity index (χ2n) is 3.61. The monoisotopic (exact) mass is 233 g/mol. The van der Waals surface area contributed by atoms with E-state index in [1.807, 2.05) is 11.2 Å². The number of hydrogen-bond donors (Lipinski definition) is 1. The molecule has 0 aromatic heterocycles. The molecule has 4 nitrogen and oxygen atoms in total. The number of piperidine rings is 1. The van der Waals surface area contributed by atoms with Gasteiger partial charge >= 0.3 is 0 Å². The first-order valence-electron chi connectivity index (χ1n) is 5.27. The van der Waals surface area contributed by atoms with E-state index >= 15 is 0 Å². The molecule has 1 aliphatic heterocycles. The summed E-state index contributed by atoms with van der Waals surface area (Å²) in [6, 6.07) is 0. The van der Waals surface area contributed by atoms with Crippen LogP contribution in [0.4, 0.5) is 0 Å². The zero-order valence-electron chi connectivity index (χ0n) is 9.15. The van der Waals surface area contributed by atoms with Crippen molar-refractivity contribution >= 4 is 17.7 Å². The molecule has 0 saturated carbocycles. The Hall–Kier alpha value is -0.260. The summed E-state index contributed by atoms with van der Waals surface area (Å²) in [6.45, 7) is 2.06. The number of hydrogen-bond acceptors (Lipinski definition) is 4. The predicted molar refractivity (Wildman–Crippen MR) is 61.0 cm³/mol. The van der Waals surface area contributed by atoms with Crippen molar-refractivity contribution in [2.24, 2.45) is 0 Å². The Bertz CT molecular complexity index is 193. The van der Waals surface area contributed by atoms with E-state index in [-0.39, 0.29) is 18.6 Å². The standard InChI is InChI=1S/C10H19NO3S/c1-15-8-10(13)11-4-2-9(3-5-11)14-7-6-12/h9,12H,2-8H2,1H3. The topological polar surface area (TPSA) is 49.8 Å². The summed E-state index contributed by atoms with van der Waals surface area (Å²) in [5.74, 6) is 0.797. The highest BCUT2D eigenvalue weighted by atomic mass is 32.2. The zero-order chi connectivity index (χ0) is 11.1. The lowest BCUT2D eigenvalue weighted by Gasteiger charge is -2.31. The molecule has 0 spiro atoms. The molecule has 1 saturated heterocycles. The molecule has 0 aromatic carbocycles. The number of rotatable bonds is 5. The molecule has 1 amide bonds. The second-order valence-corrected chi connectivity index (χ2v) is 4.47. The maximum Gasteiger partial charge on any atom is 0.232 e. The van der Waals surface area contributed by atoms with E-state index in [2.05, 4.69) is 0 Å². The van der Waals surface area contributed by atoms with Gasteiger partial charge in [0.25, 0.3) is 0 Å². The summed E-state index contributed by atoms with van der Waals surface area (Å²) in [6.07, 6.45) is 3.94. The number of nitrogens with zero attached hydrogens (tertiary/aromatic N) is 1. The van der Waals surface area contributed by atoms with Gasteiger partial charge in [0.2, 0.25) is 5.91 Å². The van der Waals surface area contributed by atoms with Crippen LogP contribution in [-0.2, 0) is 9.53 Å². The van der Waals surface area contributed by atoms with Crippen LogP contribution in [0.25, 0.3) is 0 Å². The Balaban J connectivity index is 2.20. The molecule has 1 fully saturated rings. The van der Waals surface area contributed by atoms with Gasteiger partial charge in [-0.05, 0) is 19.1 Å². The van der Waals surface area contributed by atoms with Crippen molar-refractivity contribution in [1.82, 2.24) is 4.90 Å². The van der Waals surface area contributed by atoms with Crippen molar-refractivity contribution in [2.75, 3.05) is 38.3 Å². The van der Waals surface area contributed by atoms with E-state index in [1.54, 1.807) is 11.8 Å². The van der Waals surface area contributed by atoms with Crippen molar-refractivity contribution in [3.8, 4) is 0 Å². The average Bonchev–Trinajstić information content (AvgIpc) is 2.27. The Morgan fingerprint density at radius 3 is 2.73 bits per heavy atom. The molecule has 5 heteroatoms. The Labute approximate surface area is 95.0 Å². The zero-order valence-corrected chi connectivity index (χ0v) is 9.96. The van der Waals surface area contributed by atoms with Gasteiger partial charge < -0.3 is 14.7 Å². The van der Waals surface area contributed by atoms with Crippen molar-refractivity contribution < 1.29 is 14.6 Å². The van der Waals surface area contributed by atoms with E-state index in [9.17, 15) is 4.79 Å². The van der Waals surface area contributed by atoms with Gasteiger partial charge in [0, 0.05) is 13.1 Å². The highest BCUT2D eigenvalue weighted by molar-refractivity contribution is 7.99. The molecule has 1 heterocycles. The van der Waals surface area contributed by atoms with Crippen LogP contribution in [0.3, 0.4) is 0 Å². The lowest BCUT2D eigenvalue weighted by atomic mass is 10.1. The van der Waals surface area contributed by atoms with Crippen LogP contribution in [0, 0.1) is 0 Å². The Morgan fingerprint density at radius 2 is 2.20 bits per heavy atom. The molecule has 1 rings (SSSR count). The number of carbonyl (C=O) groups is 1. The van der Waals surface area contributed by atoms with Crippen LogP contribution in [0.2, 0.25) is 0 Å². The van der Waals surface area contributed by atoms with Gasteiger partial charge in [-0.3, -0.25) is 4.79 Å². The van der Waals surface area contributed by atoms with Gasteiger partial charge in [-0.1, -0.05) is 0 Å². The van der Waals surface area contributed by atoms with Gasteiger partial charge in [0.05, 0.1) is 25.1 Å². The number of carbonyl (C=O) groups excluding carboxylic acids is 1. The number of thioether (sulfide) groups is 1. The number of likely N-dealkylation sites (tertiary alicyclic amines) is 1. The van der Waals surface area contributed by atoms with E-state index < -0.39 is 0 Å². The molecule has 0 aromatic rings. The summed E-state index contributed by atoms with van der Waals surface area (Å²) in [7, 11) is 0. The third-order valence-electron chi connectivity index (χ3n) is 2.51. The third-order valence-corrected chi connectivity index (χ3v) is 3.04. The number of amides is 1. The number of aliphatic hydroxyl groups is 1. The van der Waals surface area contributed by atoms with Gasteiger partial charge in [0.15, 0.2) is 0 Å². The summed E-state index contributed by atoms with van der Waals surface area (Å²) >= 11 is 1.56. The highest BCUT2D eigenvalue weighted by Crippen LogP contribution is 2.14. The quantitative estimate of drug-likeness (QED) is 0.744. The van der Waals surface area contributed by atoms with Crippen molar-refractivity contribution in [3.05, 3.63) is 0 Å². The molecule has 1 aliphatic rings. The first kappa shape index (κ1) is 12.8. The molecule has 0 unspecified atom stereocenters. The van der Waals surface area contributed by atoms with Crippen LogP contribution >= 0.6 is 11.8 Å². The smallest absolute Gasteiger partial charge is 0.232 e. The van der Waals surface area contributed by atoms with Gasteiger partial charge in [0.1, 0.15) is 0 Å². The first-order valence-corrected chi connectivity index (χ1v) is 6.66. The van der Waals surface area contributed by atoms with E-state index in [0.717, 1.165) is 25.9 Å². The molecular weight excluding hydrogens is 214 g/mol. The Morgan fingerprint density at radius 1 is 1.53 bits per heavy atom. The summed E-state index contributed by atoms with van der Waals surface area (Å²) < 4.78 is 5.43. The summed E-state index contributed by atoms with van der Waals surface area (Å²) in [4.78, 5) is 13.4.